The summed E-state index contributed by atoms with van der Waals surface area (Å²) in [4.78, 5) is 27.1. The van der Waals surface area contributed by atoms with E-state index in [-0.39, 0.29) is 6.04 Å². The van der Waals surface area contributed by atoms with Gasteiger partial charge in [0.15, 0.2) is 11.5 Å². The Morgan fingerprint density at radius 1 is 1.03 bits per heavy atom. The molecule has 1 saturated heterocycles. The maximum Gasteiger partial charge on any atom is 0.313 e. The SMILES string of the molecule is O=C(NCC(c1ccsc1)N1CCCCC1)C(=O)Nc1ccc2c(c1)OCCO2. The zero-order valence-electron chi connectivity index (χ0n) is 16.2. The Hall–Kier alpha value is -2.58. The number of fused-ring (bicyclic) bond motifs is 1. The average molecular weight is 416 g/mol. The standard InChI is InChI=1S/C21H25N3O4S/c25-20(21(26)23-16-4-5-18-19(12-16)28-10-9-27-18)22-13-17(15-6-11-29-14-15)24-7-2-1-3-8-24/h4-6,11-12,14,17H,1-3,7-10,13H2,(H,22,25)(H,23,26). The van der Waals surface area contributed by atoms with E-state index >= 15 is 0 Å². The zero-order chi connectivity index (χ0) is 20.1. The number of piperidine rings is 1. The van der Waals surface area contributed by atoms with Crippen molar-refractivity contribution in [2.24, 2.45) is 0 Å². The van der Waals surface area contributed by atoms with Gasteiger partial charge < -0.3 is 20.1 Å². The third kappa shape index (κ3) is 4.89. The molecule has 4 rings (SSSR count). The van der Waals surface area contributed by atoms with Gasteiger partial charge in [-0.05, 0) is 60.5 Å². The summed E-state index contributed by atoms with van der Waals surface area (Å²) in [6, 6.07) is 7.27. The van der Waals surface area contributed by atoms with E-state index in [1.807, 2.05) is 5.38 Å². The maximum atomic E-state index is 12.4. The molecule has 1 aromatic heterocycles. The van der Waals surface area contributed by atoms with Gasteiger partial charge in [0, 0.05) is 18.3 Å². The Kier molecular flexibility index (Phi) is 6.31. The topological polar surface area (TPSA) is 79.9 Å². The fourth-order valence-corrected chi connectivity index (χ4v) is 4.44. The molecule has 0 aliphatic carbocycles. The predicted molar refractivity (Wildman–Crippen MR) is 112 cm³/mol. The highest BCUT2D eigenvalue weighted by Crippen LogP contribution is 2.32. The molecule has 0 saturated carbocycles. The number of thiophene rings is 1. The summed E-state index contributed by atoms with van der Waals surface area (Å²) in [7, 11) is 0. The van der Waals surface area contributed by atoms with Crippen LogP contribution in [0.1, 0.15) is 30.9 Å². The van der Waals surface area contributed by atoms with Crippen molar-refractivity contribution in [3.8, 4) is 11.5 Å². The number of nitrogens with one attached hydrogen (secondary N) is 2. The highest BCUT2D eigenvalue weighted by molar-refractivity contribution is 7.08. The summed E-state index contributed by atoms with van der Waals surface area (Å²) in [6.45, 7) is 3.40. The van der Waals surface area contributed by atoms with Crippen LogP contribution < -0.4 is 20.1 Å². The average Bonchev–Trinajstić information content (AvgIpc) is 3.29. The number of rotatable bonds is 5. The largest absolute Gasteiger partial charge is 0.486 e. The Labute approximate surface area is 174 Å². The van der Waals surface area contributed by atoms with Crippen molar-refractivity contribution in [2.75, 3.05) is 38.2 Å². The van der Waals surface area contributed by atoms with Crippen LogP contribution in [0.4, 0.5) is 5.69 Å². The van der Waals surface area contributed by atoms with Gasteiger partial charge in [0.25, 0.3) is 0 Å². The lowest BCUT2D eigenvalue weighted by atomic mass is 10.0. The first-order valence-corrected chi connectivity index (χ1v) is 10.9. The number of likely N-dealkylation sites (tertiary alicyclic amines) is 1. The lowest BCUT2D eigenvalue weighted by molar-refractivity contribution is -0.136. The van der Waals surface area contributed by atoms with Crippen molar-refractivity contribution < 1.29 is 19.1 Å². The van der Waals surface area contributed by atoms with Crippen LogP contribution >= 0.6 is 11.3 Å². The van der Waals surface area contributed by atoms with Crippen LogP contribution in [0.2, 0.25) is 0 Å². The second-order valence-electron chi connectivity index (χ2n) is 7.19. The summed E-state index contributed by atoms with van der Waals surface area (Å²) in [6.07, 6.45) is 3.58. The summed E-state index contributed by atoms with van der Waals surface area (Å²) in [5.74, 6) is -0.127. The van der Waals surface area contributed by atoms with Gasteiger partial charge in [-0.25, -0.2) is 0 Å². The summed E-state index contributed by atoms with van der Waals surface area (Å²) in [5, 5.41) is 9.59. The fraction of sp³-hybridized carbons (Fsp3) is 0.429. The van der Waals surface area contributed by atoms with Gasteiger partial charge in [0.1, 0.15) is 13.2 Å². The number of carbonyl (C=O) groups excluding carboxylic acids is 2. The van der Waals surface area contributed by atoms with Gasteiger partial charge in [-0.2, -0.15) is 11.3 Å². The molecule has 0 spiro atoms. The molecular formula is C21H25N3O4S. The first-order chi connectivity index (χ1) is 14.2. The number of ether oxygens (including phenoxy) is 2. The van der Waals surface area contributed by atoms with Crippen LogP contribution in [-0.4, -0.2) is 49.6 Å². The number of anilines is 1. The number of amides is 2. The molecule has 1 fully saturated rings. The lowest BCUT2D eigenvalue weighted by Gasteiger charge is -2.34. The van der Waals surface area contributed by atoms with Crippen LogP contribution in [0.5, 0.6) is 11.5 Å². The number of benzene rings is 1. The van der Waals surface area contributed by atoms with E-state index in [2.05, 4.69) is 27.0 Å². The van der Waals surface area contributed by atoms with Gasteiger partial charge in [0.2, 0.25) is 0 Å². The van der Waals surface area contributed by atoms with E-state index in [4.69, 9.17) is 9.47 Å². The van der Waals surface area contributed by atoms with Crippen LogP contribution in [-0.2, 0) is 9.59 Å². The van der Waals surface area contributed by atoms with Gasteiger partial charge in [-0.3, -0.25) is 14.5 Å². The third-order valence-electron chi connectivity index (χ3n) is 5.22. The minimum absolute atomic E-state index is 0.0904. The van der Waals surface area contributed by atoms with Crippen LogP contribution in [0.25, 0.3) is 0 Å². The summed E-state index contributed by atoms with van der Waals surface area (Å²) in [5.41, 5.74) is 1.68. The molecule has 2 aliphatic heterocycles. The van der Waals surface area contributed by atoms with E-state index in [1.165, 1.54) is 24.8 Å². The molecule has 2 amide bonds. The molecule has 0 bridgehead atoms. The van der Waals surface area contributed by atoms with Crippen LogP contribution in [0, 0.1) is 0 Å². The van der Waals surface area contributed by atoms with E-state index in [9.17, 15) is 9.59 Å². The lowest BCUT2D eigenvalue weighted by Crippen LogP contribution is -2.43. The molecule has 2 aromatic rings. The zero-order valence-corrected chi connectivity index (χ0v) is 17.0. The highest BCUT2D eigenvalue weighted by Gasteiger charge is 2.24. The summed E-state index contributed by atoms with van der Waals surface area (Å²) >= 11 is 1.64. The van der Waals surface area contributed by atoms with Crippen molar-refractivity contribution in [3.05, 3.63) is 40.6 Å². The molecule has 3 heterocycles. The molecule has 1 aromatic carbocycles. The van der Waals surface area contributed by atoms with Gasteiger partial charge in [0.05, 0.1) is 6.04 Å². The molecular weight excluding hydrogens is 390 g/mol. The second-order valence-corrected chi connectivity index (χ2v) is 7.97. The molecule has 1 unspecified atom stereocenters. The van der Waals surface area contributed by atoms with Crippen molar-refractivity contribution in [3.63, 3.8) is 0 Å². The van der Waals surface area contributed by atoms with Crippen molar-refractivity contribution >= 4 is 28.8 Å². The van der Waals surface area contributed by atoms with Gasteiger partial charge in [-0.1, -0.05) is 6.42 Å². The highest BCUT2D eigenvalue weighted by atomic mass is 32.1. The van der Waals surface area contributed by atoms with E-state index in [0.29, 0.717) is 36.9 Å². The molecule has 2 N–H and O–H groups in total. The molecule has 8 heteroatoms. The Balaban J connectivity index is 1.35. The van der Waals surface area contributed by atoms with Crippen LogP contribution in [0.3, 0.4) is 0 Å². The monoisotopic (exact) mass is 415 g/mol. The maximum absolute atomic E-state index is 12.4. The molecule has 7 nitrogen and oxygen atoms in total. The molecule has 29 heavy (non-hydrogen) atoms. The molecule has 0 radical (unpaired) electrons. The minimum Gasteiger partial charge on any atom is -0.486 e. The van der Waals surface area contributed by atoms with E-state index in [0.717, 1.165) is 13.1 Å². The number of hydrogen-bond acceptors (Lipinski definition) is 6. The van der Waals surface area contributed by atoms with Crippen LogP contribution in [0.15, 0.2) is 35.0 Å². The number of nitrogens with zero attached hydrogens (tertiary/aromatic N) is 1. The quantitative estimate of drug-likeness (QED) is 0.734. The van der Waals surface area contributed by atoms with Crippen molar-refractivity contribution in [1.82, 2.24) is 10.2 Å². The summed E-state index contributed by atoms with van der Waals surface area (Å²) < 4.78 is 11.0. The molecule has 2 aliphatic rings. The minimum atomic E-state index is -0.690. The predicted octanol–water partition coefficient (Wildman–Crippen LogP) is 2.80. The Morgan fingerprint density at radius 3 is 2.59 bits per heavy atom. The first-order valence-electron chi connectivity index (χ1n) is 9.96. The van der Waals surface area contributed by atoms with Crippen molar-refractivity contribution in [2.45, 2.75) is 25.3 Å². The smallest absolute Gasteiger partial charge is 0.313 e. The van der Waals surface area contributed by atoms with Gasteiger partial charge in [-0.15, -0.1) is 0 Å². The van der Waals surface area contributed by atoms with Gasteiger partial charge >= 0.3 is 11.8 Å². The number of hydrogen-bond donors (Lipinski definition) is 2. The van der Waals surface area contributed by atoms with E-state index < -0.39 is 11.8 Å². The Bertz CT molecular complexity index is 850. The van der Waals surface area contributed by atoms with E-state index in [1.54, 1.807) is 29.5 Å². The molecule has 154 valence electrons. The second kappa shape index (κ2) is 9.28. The first kappa shape index (κ1) is 19.7. The van der Waals surface area contributed by atoms with Crippen molar-refractivity contribution in [1.29, 1.82) is 0 Å². The number of carbonyl (C=O) groups is 2. The molecule has 1 atom stereocenters. The fourth-order valence-electron chi connectivity index (χ4n) is 3.73. The Morgan fingerprint density at radius 2 is 1.83 bits per heavy atom. The third-order valence-corrected chi connectivity index (χ3v) is 5.92. The normalized spacial score (nSPS) is 17.4.